The summed E-state index contributed by atoms with van der Waals surface area (Å²) in [6.07, 6.45) is 7.52. The molecule has 0 aliphatic carbocycles. The fraction of sp³-hybridized carbons (Fsp3) is 0.500. The zero-order chi connectivity index (χ0) is 27.4. The minimum absolute atomic E-state index is 0.0346. The van der Waals surface area contributed by atoms with E-state index in [0.717, 1.165) is 62.5 Å². The van der Waals surface area contributed by atoms with Crippen molar-refractivity contribution in [2.45, 2.75) is 51.0 Å². The van der Waals surface area contributed by atoms with Gasteiger partial charge in [-0.2, -0.15) is 5.26 Å². The van der Waals surface area contributed by atoms with Crippen molar-refractivity contribution < 1.29 is 14.4 Å². The second-order valence-corrected chi connectivity index (χ2v) is 10.8. The van der Waals surface area contributed by atoms with E-state index in [0.29, 0.717) is 36.8 Å². The Morgan fingerprint density at radius 3 is 2.44 bits per heavy atom. The number of hydrogen-bond acceptors (Lipinski definition) is 6. The van der Waals surface area contributed by atoms with Crippen LogP contribution in [0.15, 0.2) is 35.8 Å². The SMILES string of the molecule is N#C/C(C(=O)N1CCCC1)=C(\Nc1cccc2c(Cl)c[nH]c12)N[C@H]1CCCCN(CC(=O)N2CCCC2)C1=O. The first-order valence-corrected chi connectivity index (χ1v) is 14.1. The predicted octanol–water partition coefficient (Wildman–Crippen LogP) is 3.18. The fourth-order valence-corrected chi connectivity index (χ4v) is 5.83. The summed E-state index contributed by atoms with van der Waals surface area (Å²) >= 11 is 6.32. The van der Waals surface area contributed by atoms with Gasteiger partial charge in [0, 0.05) is 44.3 Å². The van der Waals surface area contributed by atoms with Crippen LogP contribution in [0.2, 0.25) is 5.02 Å². The van der Waals surface area contributed by atoms with Crippen molar-refractivity contribution in [3.05, 3.63) is 40.8 Å². The van der Waals surface area contributed by atoms with Gasteiger partial charge in [-0.3, -0.25) is 14.4 Å². The molecule has 3 aliphatic rings. The topological polar surface area (TPSA) is 125 Å². The molecule has 10 nitrogen and oxygen atoms in total. The first-order valence-electron chi connectivity index (χ1n) is 13.8. The summed E-state index contributed by atoms with van der Waals surface area (Å²) in [5, 5.41) is 18.0. The number of para-hydroxylation sites is 1. The quantitative estimate of drug-likeness (QED) is 0.358. The number of benzene rings is 1. The molecule has 206 valence electrons. The number of nitriles is 1. The first kappa shape index (κ1) is 26.9. The van der Waals surface area contributed by atoms with Crippen LogP contribution in [0.1, 0.15) is 44.9 Å². The lowest BCUT2D eigenvalue weighted by Gasteiger charge is -2.28. The maximum Gasteiger partial charge on any atom is 0.268 e. The number of aromatic amines is 1. The molecule has 5 rings (SSSR count). The Bertz CT molecular complexity index is 1320. The molecule has 0 radical (unpaired) electrons. The van der Waals surface area contributed by atoms with Crippen LogP contribution in [0.25, 0.3) is 10.9 Å². The molecule has 0 saturated carbocycles. The number of nitrogens with one attached hydrogen (secondary N) is 3. The van der Waals surface area contributed by atoms with Gasteiger partial charge in [-0.05, 0) is 51.0 Å². The lowest BCUT2D eigenvalue weighted by atomic mass is 10.1. The number of carbonyl (C=O) groups excluding carboxylic acids is 3. The third kappa shape index (κ3) is 5.83. The number of aromatic nitrogens is 1. The van der Waals surface area contributed by atoms with Crippen molar-refractivity contribution in [3.63, 3.8) is 0 Å². The van der Waals surface area contributed by atoms with E-state index in [-0.39, 0.29) is 35.7 Å². The molecule has 11 heteroatoms. The lowest BCUT2D eigenvalue weighted by molar-refractivity contribution is -0.140. The maximum absolute atomic E-state index is 13.7. The number of rotatable bonds is 7. The summed E-state index contributed by atoms with van der Waals surface area (Å²) in [6.45, 7) is 3.19. The summed E-state index contributed by atoms with van der Waals surface area (Å²) in [4.78, 5) is 48.2. The smallest absolute Gasteiger partial charge is 0.268 e. The van der Waals surface area contributed by atoms with Crippen LogP contribution in [-0.4, -0.2) is 82.7 Å². The fourth-order valence-electron chi connectivity index (χ4n) is 5.62. The van der Waals surface area contributed by atoms with Gasteiger partial charge in [-0.1, -0.05) is 23.7 Å². The van der Waals surface area contributed by atoms with Gasteiger partial charge in [-0.15, -0.1) is 0 Å². The monoisotopic (exact) mass is 551 g/mol. The second-order valence-electron chi connectivity index (χ2n) is 10.4. The number of fused-ring (bicyclic) bond motifs is 1. The third-order valence-electron chi connectivity index (χ3n) is 7.78. The summed E-state index contributed by atoms with van der Waals surface area (Å²) in [6, 6.07) is 6.93. The zero-order valence-corrected chi connectivity index (χ0v) is 22.7. The standard InChI is InChI=1S/C28H34ClN7O3/c29-21-17-31-25-19(21)8-7-10-22(25)32-26(20(16-30)27(38)35-13-5-6-14-35)33-23-9-1-2-15-36(28(23)39)18-24(37)34-11-3-4-12-34/h7-8,10,17,23,31-33H,1-6,9,11-15,18H2/b26-20-/t23-/m0/s1. The van der Waals surface area contributed by atoms with Crippen LogP contribution in [0.4, 0.5) is 5.69 Å². The molecule has 3 amide bonds. The van der Waals surface area contributed by atoms with Crippen molar-refractivity contribution in [2.75, 3.05) is 44.6 Å². The highest BCUT2D eigenvalue weighted by Crippen LogP contribution is 2.30. The highest BCUT2D eigenvalue weighted by molar-refractivity contribution is 6.36. The molecule has 4 heterocycles. The molecule has 2 aromatic rings. The lowest BCUT2D eigenvalue weighted by Crippen LogP contribution is -2.49. The van der Waals surface area contributed by atoms with Crippen molar-refractivity contribution in [2.24, 2.45) is 0 Å². The summed E-state index contributed by atoms with van der Waals surface area (Å²) in [5.74, 6) is -0.429. The average molecular weight is 552 g/mol. The minimum atomic E-state index is -0.692. The summed E-state index contributed by atoms with van der Waals surface area (Å²) < 4.78 is 0. The van der Waals surface area contributed by atoms with Crippen molar-refractivity contribution in [3.8, 4) is 6.07 Å². The van der Waals surface area contributed by atoms with E-state index in [1.54, 1.807) is 16.0 Å². The molecule has 0 unspecified atom stereocenters. The molecule has 3 N–H and O–H groups in total. The molecular weight excluding hydrogens is 518 g/mol. The Morgan fingerprint density at radius 1 is 1.03 bits per heavy atom. The number of likely N-dealkylation sites (tertiary alicyclic amines) is 3. The number of nitrogens with zero attached hydrogens (tertiary/aromatic N) is 4. The first-order chi connectivity index (χ1) is 19.0. The van der Waals surface area contributed by atoms with Crippen LogP contribution in [0.3, 0.4) is 0 Å². The zero-order valence-electron chi connectivity index (χ0n) is 22.0. The Hall–Kier alpha value is -3.71. The van der Waals surface area contributed by atoms with Gasteiger partial charge >= 0.3 is 0 Å². The van der Waals surface area contributed by atoms with Gasteiger partial charge in [0.05, 0.1) is 22.8 Å². The minimum Gasteiger partial charge on any atom is -0.359 e. The molecule has 3 fully saturated rings. The van der Waals surface area contributed by atoms with Crippen LogP contribution in [-0.2, 0) is 14.4 Å². The van der Waals surface area contributed by atoms with Crippen molar-refractivity contribution >= 4 is 45.9 Å². The van der Waals surface area contributed by atoms with E-state index in [4.69, 9.17) is 11.6 Å². The van der Waals surface area contributed by atoms with Gasteiger partial charge < -0.3 is 30.3 Å². The molecule has 1 aromatic heterocycles. The Balaban J connectivity index is 1.44. The van der Waals surface area contributed by atoms with E-state index in [1.807, 2.05) is 23.1 Å². The maximum atomic E-state index is 13.7. The number of amides is 3. The van der Waals surface area contributed by atoms with Gasteiger partial charge in [0.15, 0.2) is 5.57 Å². The highest BCUT2D eigenvalue weighted by atomic mass is 35.5. The second kappa shape index (κ2) is 12.0. The van der Waals surface area contributed by atoms with E-state index in [2.05, 4.69) is 21.7 Å². The van der Waals surface area contributed by atoms with E-state index >= 15 is 0 Å². The normalized spacial score (nSPS) is 20.6. The van der Waals surface area contributed by atoms with Gasteiger partial charge in [0.1, 0.15) is 17.9 Å². The number of carbonyl (C=O) groups is 3. The molecule has 3 aliphatic heterocycles. The molecule has 3 saturated heterocycles. The number of anilines is 1. The Kier molecular flexibility index (Phi) is 8.27. The Morgan fingerprint density at radius 2 is 1.72 bits per heavy atom. The van der Waals surface area contributed by atoms with E-state index in [9.17, 15) is 19.6 Å². The Labute approximate surface area is 232 Å². The van der Waals surface area contributed by atoms with Crippen molar-refractivity contribution in [1.29, 1.82) is 5.26 Å². The number of halogens is 1. The number of hydrogen-bond donors (Lipinski definition) is 3. The molecule has 39 heavy (non-hydrogen) atoms. The van der Waals surface area contributed by atoms with Crippen LogP contribution >= 0.6 is 11.6 Å². The van der Waals surface area contributed by atoms with E-state index in [1.165, 1.54) is 0 Å². The van der Waals surface area contributed by atoms with Gasteiger partial charge in [0.2, 0.25) is 11.8 Å². The summed E-state index contributed by atoms with van der Waals surface area (Å²) in [5.41, 5.74) is 1.26. The van der Waals surface area contributed by atoms with Crippen LogP contribution in [0.5, 0.6) is 0 Å². The van der Waals surface area contributed by atoms with Crippen LogP contribution in [0, 0.1) is 11.3 Å². The molecule has 0 bridgehead atoms. The van der Waals surface area contributed by atoms with Gasteiger partial charge in [-0.25, -0.2) is 0 Å². The summed E-state index contributed by atoms with van der Waals surface area (Å²) in [7, 11) is 0. The van der Waals surface area contributed by atoms with Crippen molar-refractivity contribution in [1.82, 2.24) is 25.0 Å². The highest BCUT2D eigenvalue weighted by Gasteiger charge is 2.32. The third-order valence-corrected chi connectivity index (χ3v) is 8.09. The molecule has 1 aromatic carbocycles. The van der Waals surface area contributed by atoms with Crippen LogP contribution < -0.4 is 10.6 Å². The van der Waals surface area contributed by atoms with Gasteiger partial charge in [0.25, 0.3) is 5.91 Å². The molecular formula is C28H34ClN7O3. The largest absolute Gasteiger partial charge is 0.359 e. The van der Waals surface area contributed by atoms with E-state index < -0.39 is 6.04 Å². The average Bonchev–Trinajstić information content (AvgIpc) is 3.71. The predicted molar refractivity (Wildman–Crippen MR) is 149 cm³/mol. The molecule has 0 spiro atoms. The number of H-pyrrole nitrogens is 1. The molecule has 1 atom stereocenters.